The molecule has 1 aliphatic heterocycles. The Labute approximate surface area is 156 Å². The summed E-state index contributed by atoms with van der Waals surface area (Å²) in [4.78, 5) is 32.7. The zero-order chi connectivity index (χ0) is 17.8. The summed E-state index contributed by atoms with van der Waals surface area (Å²) < 4.78 is 0. The minimum Gasteiger partial charge on any atom is -0.337 e. The number of halogens is 2. The van der Waals surface area contributed by atoms with Crippen molar-refractivity contribution in [2.45, 2.75) is 6.42 Å². The third kappa shape index (κ3) is 4.11. The molecular formula is C18H17Cl2N3O2. The minimum atomic E-state index is -0.164. The van der Waals surface area contributed by atoms with Gasteiger partial charge < -0.3 is 9.80 Å². The molecule has 25 heavy (non-hydrogen) atoms. The third-order valence-corrected chi connectivity index (χ3v) is 4.70. The van der Waals surface area contributed by atoms with E-state index in [4.69, 9.17) is 23.2 Å². The van der Waals surface area contributed by atoms with Crippen molar-refractivity contribution in [2.75, 3.05) is 26.2 Å². The van der Waals surface area contributed by atoms with Crippen molar-refractivity contribution in [3.8, 4) is 0 Å². The van der Waals surface area contributed by atoms with Crippen LogP contribution in [-0.2, 0) is 0 Å². The quantitative estimate of drug-likeness (QED) is 0.805. The zero-order valence-corrected chi connectivity index (χ0v) is 15.0. The molecule has 1 aromatic carbocycles. The van der Waals surface area contributed by atoms with Crippen molar-refractivity contribution >= 4 is 35.0 Å². The number of carbonyl (C=O) groups excluding carboxylic acids is 2. The number of nitrogens with zero attached hydrogens (tertiary/aromatic N) is 3. The van der Waals surface area contributed by atoms with Crippen LogP contribution in [0.15, 0.2) is 42.7 Å². The molecule has 1 aliphatic rings. The van der Waals surface area contributed by atoms with E-state index in [1.54, 1.807) is 52.5 Å². The average Bonchev–Trinajstić information content (AvgIpc) is 2.89. The van der Waals surface area contributed by atoms with Crippen molar-refractivity contribution in [1.29, 1.82) is 0 Å². The first kappa shape index (κ1) is 17.7. The molecule has 1 aromatic heterocycles. The molecule has 0 spiro atoms. The smallest absolute Gasteiger partial charge is 0.255 e. The van der Waals surface area contributed by atoms with Crippen molar-refractivity contribution < 1.29 is 9.59 Å². The molecule has 0 unspecified atom stereocenters. The van der Waals surface area contributed by atoms with Crippen LogP contribution in [0, 0.1) is 0 Å². The molecule has 0 atom stereocenters. The van der Waals surface area contributed by atoms with Crippen LogP contribution in [-0.4, -0.2) is 52.8 Å². The summed E-state index contributed by atoms with van der Waals surface area (Å²) in [6.07, 6.45) is 3.89. The molecule has 2 heterocycles. The summed E-state index contributed by atoms with van der Waals surface area (Å²) in [6.45, 7) is 2.09. The van der Waals surface area contributed by atoms with Gasteiger partial charge in [0.25, 0.3) is 11.8 Å². The van der Waals surface area contributed by atoms with Crippen LogP contribution in [0.3, 0.4) is 0 Å². The molecular weight excluding hydrogens is 361 g/mol. The molecule has 0 radical (unpaired) electrons. The summed E-state index contributed by atoms with van der Waals surface area (Å²) in [5, 5.41) is 0.845. The van der Waals surface area contributed by atoms with E-state index in [1.807, 2.05) is 0 Å². The van der Waals surface area contributed by atoms with Crippen LogP contribution in [0.25, 0.3) is 0 Å². The number of aromatic nitrogens is 1. The van der Waals surface area contributed by atoms with E-state index in [0.29, 0.717) is 53.8 Å². The van der Waals surface area contributed by atoms with Gasteiger partial charge in [-0.05, 0) is 36.8 Å². The number of pyridine rings is 1. The van der Waals surface area contributed by atoms with Crippen molar-refractivity contribution in [2.24, 2.45) is 0 Å². The first-order valence-electron chi connectivity index (χ1n) is 8.00. The fourth-order valence-electron chi connectivity index (χ4n) is 2.83. The molecule has 5 nitrogen and oxygen atoms in total. The second-order valence-corrected chi connectivity index (χ2v) is 6.65. The zero-order valence-electron chi connectivity index (χ0n) is 13.5. The Kier molecular flexibility index (Phi) is 5.56. The van der Waals surface area contributed by atoms with E-state index in [-0.39, 0.29) is 11.8 Å². The van der Waals surface area contributed by atoms with E-state index in [0.717, 1.165) is 0 Å². The largest absolute Gasteiger partial charge is 0.337 e. The highest BCUT2D eigenvalue weighted by molar-refractivity contribution is 6.35. The molecule has 0 N–H and O–H groups in total. The predicted octanol–water partition coefficient (Wildman–Crippen LogP) is 3.38. The van der Waals surface area contributed by atoms with Crippen LogP contribution in [0.4, 0.5) is 0 Å². The van der Waals surface area contributed by atoms with Crippen molar-refractivity contribution in [3.63, 3.8) is 0 Å². The number of amides is 2. The standard InChI is InChI=1S/C18H17Cl2N3O2/c19-14-4-5-16(20)15(11-14)18(25)23-8-2-7-22(9-10-23)17(24)13-3-1-6-21-12-13/h1,3-6,11-12H,2,7-10H2. The molecule has 7 heteroatoms. The highest BCUT2D eigenvalue weighted by Gasteiger charge is 2.24. The van der Waals surface area contributed by atoms with Gasteiger partial charge in [0.15, 0.2) is 0 Å². The lowest BCUT2D eigenvalue weighted by Gasteiger charge is -2.22. The van der Waals surface area contributed by atoms with Gasteiger partial charge in [-0.1, -0.05) is 23.2 Å². The molecule has 130 valence electrons. The van der Waals surface area contributed by atoms with Gasteiger partial charge >= 0.3 is 0 Å². The van der Waals surface area contributed by atoms with Crippen LogP contribution < -0.4 is 0 Å². The van der Waals surface area contributed by atoms with E-state index >= 15 is 0 Å². The first-order chi connectivity index (χ1) is 12.1. The van der Waals surface area contributed by atoms with Gasteiger partial charge in [-0.2, -0.15) is 0 Å². The molecule has 2 amide bonds. The highest BCUT2D eigenvalue weighted by atomic mass is 35.5. The Hall–Kier alpha value is -2.11. The van der Waals surface area contributed by atoms with Crippen molar-refractivity contribution in [3.05, 3.63) is 63.9 Å². The molecule has 0 bridgehead atoms. The molecule has 1 saturated heterocycles. The minimum absolute atomic E-state index is 0.0665. The summed E-state index contributed by atoms with van der Waals surface area (Å²) in [7, 11) is 0. The lowest BCUT2D eigenvalue weighted by atomic mass is 10.2. The maximum atomic E-state index is 12.7. The van der Waals surface area contributed by atoms with E-state index in [1.165, 1.54) is 0 Å². The SMILES string of the molecule is O=C(c1cccnc1)N1CCCN(C(=O)c2cc(Cl)ccc2Cl)CC1. The van der Waals surface area contributed by atoms with E-state index in [9.17, 15) is 9.59 Å². The number of carbonyl (C=O) groups is 2. The fourth-order valence-corrected chi connectivity index (χ4v) is 3.20. The van der Waals surface area contributed by atoms with Crippen molar-refractivity contribution in [1.82, 2.24) is 14.8 Å². The van der Waals surface area contributed by atoms with Crippen LogP contribution in [0.5, 0.6) is 0 Å². The number of benzene rings is 1. The topological polar surface area (TPSA) is 53.5 Å². The van der Waals surface area contributed by atoms with Gasteiger partial charge in [-0.3, -0.25) is 14.6 Å². The summed E-state index contributed by atoms with van der Waals surface area (Å²) in [5.74, 6) is -0.230. The monoisotopic (exact) mass is 377 g/mol. The molecule has 3 rings (SSSR count). The number of hydrogen-bond acceptors (Lipinski definition) is 3. The predicted molar refractivity (Wildman–Crippen MR) is 97.1 cm³/mol. The molecule has 2 aromatic rings. The summed E-state index contributed by atoms with van der Waals surface area (Å²) in [6, 6.07) is 8.33. The summed E-state index contributed by atoms with van der Waals surface area (Å²) in [5.41, 5.74) is 0.946. The maximum Gasteiger partial charge on any atom is 0.255 e. The van der Waals surface area contributed by atoms with Gasteiger partial charge in [0, 0.05) is 43.6 Å². The van der Waals surface area contributed by atoms with Gasteiger partial charge in [0.1, 0.15) is 0 Å². The number of rotatable bonds is 2. The van der Waals surface area contributed by atoms with Crippen LogP contribution in [0.2, 0.25) is 10.0 Å². The van der Waals surface area contributed by atoms with Gasteiger partial charge in [0.05, 0.1) is 16.1 Å². The molecule has 0 aliphatic carbocycles. The van der Waals surface area contributed by atoms with Gasteiger partial charge in [0.2, 0.25) is 0 Å². The lowest BCUT2D eigenvalue weighted by molar-refractivity contribution is 0.0718. The second kappa shape index (κ2) is 7.85. The second-order valence-electron chi connectivity index (χ2n) is 5.80. The Morgan fingerprint density at radius 3 is 2.36 bits per heavy atom. The Bertz CT molecular complexity index is 783. The van der Waals surface area contributed by atoms with Crippen LogP contribution in [0.1, 0.15) is 27.1 Å². The van der Waals surface area contributed by atoms with Gasteiger partial charge in [-0.25, -0.2) is 0 Å². The molecule has 0 saturated carbocycles. The van der Waals surface area contributed by atoms with E-state index in [2.05, 4.69) is 4.98 Å². The Morgan fingerprint density at radius 2 is 1.68 bits per heavy atom. The first-order valence-corrected chi connectivity index (χ1v) is 8.75. The fraction of sp³-hybridized carbons (Fsp3) is 0.278. The lowest BCUT2D eigenvalue weighted by Crippen LogP contribution is -2.37. The summed E-state index contributed by atoms with van der Waals surface area (Å²) >= 11 is 12.1. The normalized spacial score (nSPS) is 15.0. The van der Waals surface area contributed by atoms with Crippen LogP contribution >= 0.6 is 23.2 Å². The maximum absolute atomic E-state index is 12.7. The number of hydrogen-bond donors (Lipinski definition) is 0. The molecule has 1 fully saturated rings. The van der Waals surface area contributed by atoms with Gasteiger partial charge in [-0.15, -0.1) is 0 Å². The highest BCUT2D eigenvalue weighted by Crippen LogP contribution is 2.23. The van der Waals surface area contributed by atoms with E-state index < -0.39 is 0 Å². The third-order valence-electron chi connectivity index (χ3n) is 4.14. The average molecular weight is 378 g/mol. The Morgan fingerprint density at radius 1 is 0.960 bits per heavy atom. The Balaban J connectivity index is 1.70.